The second-order valence-corrected chi connectivity index (χ2v) is 4.58. The Hall–Kier alpha value is -0.0800. The minimum atomic E-state index is 0.237. The van der Waals surface area contributed by atoms with Crippen LogP contribution in [0.3, 0.4) is 0 Å². The van der Waals surface area contributed by atoms with Gasteiger partial charge in [-0.05, 0) is 40.9 Å². The van der Waals surface area contributed by atoms with Crippen LogP contribution in [0.4, 0.5) is 0 Å². The quantitative estimate of drug-likeness (QED) is 0.613. The van der Waals surface area contributed by atoms with Crippen molar-refractivity contribution < 1.29 is 0 Å². The summed E-state index contributed by atoms with van der Waals surface area (Å²) in [5, 5.41) is 3.32. The third kappa shape index (κ3) is 7.03. The fourth-order valence-electron chi connectivity index (χ4n) is 1.46. The van der Waals surface area contributed by atoms with E-state index >= 15 is 0 Å². The highest BCUT2D eigenvalue weighted by atomic mass is 15.1. The number of hydrogen-bond acceptors (Lipinski definition) is 2. The van der Waals surface area contributed by atoms with Gasteiger partial charge in [0.2, 0.25) is 0 Å². The largest absolute Gasteiger partial charge is 0.314 e. The van der Waals surface area contributed by atoms with Crippen LogP contribution in [-0.2, 0) is 0 Å². The van der Waals surface area contributed by atoms with Gasteiger partial charge >= 0.3 is 0 Å². The SMILES string of the molecule is CCCCCN(C)CC(C)(C)NC. The molecule has 2 heteroatoms. The maximum atomic E-state index is 3.32. The van der Waals surface area contributed by atoms with Gasteiger partial charge in [0.25, 0.3) is 0 Å². The molecular weight excluding hydrogens is 160 g/mol. The summed E-state index contributed by atoms with van der Waals surface area (Å²) >= 11 is 0. The van der Waals surface area contributed by atoms with Crippen molar-refractivity contribution in [2.75, 3.05) is 27.2 Å². The van der Waals surface area contributed by atoms with Crippen molar-refractivity contribution in [3.05, 3.63) is 0 Å². The van der Waals surface area contributed by atoms with Gasteiger partial charge in [0.15, 0.2) is 0 Å². The summed E-state index contributed by atoms with van der Waals surface area (Å²) < 4.78 is 0. The minimum Gasteiger partial charge on any atom is -0.314 e. The molecule has 0 heterocycles. The summed E-state index contributed by atoms with van der Waals surface area (Å²) in [5.41, 5.74) is 0.237. The molecule has 2 nitrogen and oxygen atoms in total. The first-order chi connectivity index (χ1) is 6.02. The highest BCUT2D eigenvalue weighted by Crippen LogP contribution is 2.04. The van der Waals surface area contributed by atoms with Gasteiger partial charge in [0, 0.05) is 12.1 Å². The molecule has 0 saturated carbocycles. The second kappa shape index (κ2) is 6.39. The summed E-state index contributed by atoms with van der Waals surface area (Å²) in [6.07, 6.45) is 3.99. The Morgan fingerprint density at radius 3 is 2.31 bits per heavy atom. The summed E-state index contributed by atoms with van der Waals surface area (Å²) in [5.74, 6) is 0. The summed E-state index contributed by atoms with van der Waals surface area (Å²) in [4.78, 5) is 2.41. The van der Waals surface area contributed by atoms with Crippen LogP contribution < -0.4 is 5.32 Å². The Morgan fingerprint density at radius 2 is 1.85 bits per heavy atom. The van der Waals surface area contributed by atoms with E-state index in [-0.39, 0.29) is 5.54 Å². The van der Waals surface area contributed by atoms with Gasteiger partial charge in [-0.2, -0.15) is 0 Å². The van der Waals surface area contributed by atoms with E-state index in [2.05, 4.69) is 38.0 Å². The van der Waals surface area contributed by atoms with Crippen LogP contribution in [0.2, 0.25) is 0 Å². The predicted molar refractivity (Wildman–Crippen MR) is 60.2 cm³/mol. The van der Waals surface area contributed by atoms with Crippen LogP contribution in [0.1, 0.15) is 40.0 Å². The molecule has 0 bridgehead atoms. The summed E-state index contributed by atoms with van der Waals surface area (Å²) in [6, 6.07) is 0. The van der Waals surface area contributed by atoms with Gasteiger partial charge in [-0.15, -0.1) is 0 Å². The van der Waals surface area contributed by atoms with Gasteiger partial charge < -0.3 is 10.2 Å². The molecule has 0 aromatic carbocycles. The molecule has 0 aromatic rings. The number of unbranched alkanes of at least 4 members (excludes halogenated alkanes) is 2. The number of likely N-dealkylation sites (N-methyl/N-ethyl adjacent to an activating group) is 2. The van der Waals surface area contributed by atoms with E-state index in [0.29, 0.717) is 0 Å². The monoisotopic (exact) mass is 186 g/mol. The third-order valence-corrected chi connectivity index (χ3v) is 2.49. The zero-order chi connectivity index (χ0) is 10.3. The van der Waals surface area contributed by atoms with Crippen LogP contribution in [0.25, 0.3) is 0 Å². The van der Waals surface area contributed by atoms with Crippen molar-refractivity contribution in [2.45, 2.75) is 45.6 Å². The lowest BCUT2D eigenvalue weighted by Gasteiger charge is -2.29. The van der Waals surface area contributed by atoms with Crippen LogP contribution in [-0.4, -0.2) is 37.6 Å². The Bertz CT molecular complexity index is 121. The van der Waals surface area contributed by atoms with Gasteiger partial charge in [-0.3, -0.25) is 0 Å². The first-order valence-corrected chi connectivity index (χ1v) is 5.39. The van der Waals surface area contributed by atoms with Crippen molar-refractivity contribution in [3.8, 4) is 0 Å². The molecular formula is C11H26N2. The maximum Gasteiger partial charge on any atom is 0.0249 e. The number of rotatable bonds is 7. The normalized spacial score (nSPS) is 12.5. The third-order valence-electron chi connectivity index (χ3n) is 2.49. The smallest absolute Gasteiger partial charge is 0.0249 e. The Balaban J connectivity index is 3.55. The number of nitrogens with zero attached hydrogens (tertiary/aromatic N) is 1. The fraction of sp³-hybridized carbons (Fsp3) is 1.00. The Kier molecular flexibility index (Phi) is 6.35. The molecule has 0 saturated heterocycles. The molecule has 1 N–H and O–H groups in total. The highest BCUT2D eigenvalue weighted by molar-refractivity contribution is 4.78. The molecule has 0 rings (SSSR count). The molecule has 0 spiro atoms. The van der Waals surface area contributed by atoms with E-state index < -0.39 is 0 Å². The van der Waals surface area contributed by atoms with Gasteiger partial charge in [0.1, 0.15) is 0 Å². The molecule has 0 fully saturated rings. The van der Waals surface area contributed by atoms with Gasteiger partial charge in [-0.1, -0.05) is 19.8 Å². The van der Waals surface area contributed by atoms with Gasteiger partial charge in [0.05, 0.1) is 0 Å². The van der Waals surface area contributed by atoms with Crippen LogP contribution in [0.5, 0.6) is 0 Å². The minimum absolute atomic E-state index is 0.237. The molecule has 0 aliphatic carbocycles. The average molecular weight is 186 g/mol. The second-order valence-electron chi connectivity index (χ2n) is 4.58. The fourth-order valence-corrected chi connectivity index (χ4v) is 1.46. The van der Waals surface area contributed by atoms with Crippen molar-refractivity contribution in [1.29, 1.82) is 0 Å². The molecule has 0 unspecified atom stereocenters. The van der Waals surface area contributed by atoms with E-state index in [1.165, 1.54) is 25.8 Å². The molecule has 0 radical (unpaired) electrons. The molecule has 0 aliphatic heterocycles. The standard InChI is InChI=1S/C11H26N2/c1-6-7-8-9-13(5)10-11(2,3)12-4/h12H,6-10H2,1-5H3. The van der Waals surface area contributed by atoms with E-state index in [1.54, 1.807) is 0 Å². The van der Waals surface area contributed by atoms with Gasteiger partial charge in [-0.25, -0.2) is 0 Å². The Labute approximate surface area is 83.7 Å². The van der Waals surface area contributed by atoms with Crippen molar-refractivity contribution in [3.63, 3.8) is 0 Å². The topological polar surface area (TPSA) is 15.3 Å². The summed E-state index contributed by atoms with van der Waals surface area (Å²) in [6.45, 7) is 9.07. The molecule has 0 aliphatic rings. The lowest BCUT2D eigenvalue weighted by molar-refractivity contribution is 0.241. The van der Waals surface area contributed by atoms with E-state index in [4.69, 9.17) is 0 Å². The van der Waals surface area contributed by atoms with E-state index in [1.807, 2.05) is 7.05 Å². The molecule has 0 aromatic heterocycles. The zero-order valence-corrected chi connectivity index (χ0v) is 9.98. The van der Waals surface area contributed by atoms with E-state index in [9.17, 15) is 0 Å². The molecule has 0 atom stereocenters. The van der Waals surface area contributed by atoms with Crippen molar-refractivity contribution in [2.24, 2.45) is 0 Å². The van der Waals surface area contributed by atoms with Crippen LogP contribution >= 0.6 is 0 Å². The first-order valence-electron chi connectivity index (χ1n) is 5.39. The highest BCUT2D eigenvalue weighted by Gasteiger charge is 2.16. The number of hydrogen-bond donors (Lipinski definition) is 1. The summed E-state index contributed by atoms with van der Waals surface area (Å²) in [7, 11) is 4.23. The van der Waals surface area contributed by atoms with E-state index in [0.717, 1.165) is 6.54 Å². The maximum absolute atomic E-state index is 3.32. The zero-order valence-electron chi connectivity index (χ0n) is 9.98. The Morgan fingerprint density at radius 1 is 1.23 bits per heavy atom. The predicted octanol–water partition coefficient (Wildman–Crippen LogP) is 2.11. The lowest BCUT2D eigenvalue weighted by Crippen LogP contribution is -2.46. The first kappa shape index (κ1) is 12.9. The molecule has 0 amide bonds. The lowest BCUT2D eigenvalue weighted by atomic mass is 10.1. The van der Waals surface area contributed by atoms with Crippen molar-refractivity contribution in [1.82, 2.24) is 10.2 Å². The van der Waals surface area contributed by atoms with Crippen LogP contribution in [0.15, 0.2) is 0 Å². The molecule has 13 heavy (non-hydrogen) atoms. The van der Waals surface area contributed by atoms with Crippen LogP contribution in [0, 0.1) is 0 Å². The average Bonchev–Trinajstić information content (AvgIpc) is 2.04. The number of nitrogens with one attached hydrogen (secondary N) is 1. The molecule has 80 valence electrons. The van der Waals surface area contributed by atoms with Crippen molar-refractivity contribution >= 4 is 0 Å².